The van der Waals surface area contributed by atoms with Gasteiger partial charge in [-0.25, -0.2) is 0 Å². The van der Waals surface area contributed by atoms with Gasteiger partial charge in [0.15, 0.2) is 5.82 Å². The maximum Gasteiger partial charge on any atom is 0.242 e. The van der Waals surface area contributed by atoms with E-state index >= 15 is 0 Å². The fourth-order valence-corrected chi connectivity index (χ4v) is 1.73. The van der Waals surface area contributed by atoms with Crippen molar-refractivity contribution in [3.63, 3.8) is 0 Å². The Bertz CT molecular complexity index is 574. The van der Waals surface area contributed by atoms with Crippen molar-refractivity contribution in [3.05, 3.63) is 29.8 Å². The van der Waals surface area contributed by atoms with E-state index in [0.717, 1.165) is 23.9 Å². The maximum absolute atomic E-state index is 8.74. The third kappa shape index (κ3) is 2.33. The molecule has 5 heteroatoms. The molecule has 0 aliphatic heterocycles. The largest absolute Gasteiger partial charge is 0.353 e. The Morgan fingerprint density at radius 3 is 2.78 bits per heavy atom. The third-order valence-electron chi connectivity index (χ3n) is 3.02. The summed E-state index contributed by atoms with van der Waals surface area (Å²) in [6, 6.07) is 9.37. The zero-order valence-electron chi connectivity index (χ0n) is 9.85. The molecule has 1 aliphatic carbocycles. The number of aromatic nitrogens is 3. The second kappa shape index (κ2) is 4.49. The molecule has 3 rings (SSSR count). The Morgan fingerprint density at radius 1 is 1.33 bits per heavy atom. The predicted molar refractivity (Wildman–Crippen MR) is 67.7 cm³/mol. The summed E-state index contributed by atoms with van der Waals surface area (Å²) in [6.07, 6.45) is 2.61. The number of nitrogens with one attached hydrogen (secondary N) is 2. The van der Waals surface area contributed by atoms with Crippen molar-refractivity contribution >= 4 is 5.95 Å². The van der Waals surface area contributed by atoms with Crippen molar-refractivity contribution in [1.82, 2.24) is 15.2 Å². The van der Waals surface area contributed by atoms with Crippen LogP contribution in [-0.2, 0) is 0 Å². The molecule has 1 aliphatic rings. The quantitative estimate of drug-likeness (QED) is 0.857. The highest BCUT2D eigenvalue weighted by Gasteiger charge is 2.21. The Labute approximate surface area is 105 Å². The van der Waals surface area contributed by atoms with Crippen LogP contribution in [0.15, 0.2) is 24.3 Å². The SMILES string of the molecule is N#Cc1ccc(-c2nc(NCC3CC3)n[nH]2)cc1. The monoisotopic (exact) mass is 239 g/mol. The highest BCUT2D eigenvalue weighted by molar-refractivity contribution is 5.57. The first-order chi connectivity index (χ1) is 8.85. The lowest BCUT2D eigenvalue weighted by molar-refractivity contribution is 0.875. The molecule has 1 heterocycles. The minimum absolute atomic E-state index is 0.640. The van der Waals surface area contributed by atoms with Crippen molar-refractivity contribution in [3.8, 4) is 17.5 Å². The molecule has 1 aromatic heterocycles. The van der Waals surface area contributed by atoms with Gasteiger partial charge in [0.05, 0.1) is 11.6 Å². The molecule has 0 saturated heterocycles. The van der Waals surface area contributed by atoms with E-state index in [2.05, 4.69) is 26.6 Å². The van der Waals surface area contributed by atoms with Gasteiger partial charge in [0.25, 0.3) is 0 Å². The van der Waals surface area contributed by atoms with Crippen LogP contribution in [-0.4, -0.2) is 21.7 Å². The summed E-state index contributed by atoms with van der Waals surface area (Å²) in [7, 11) is 0. The van der Waals surface area contributed by atoms with Crippen molar-refractivity contribution in [2.45, 2.75) is 12.8 Å². The molecule has 18 heavy (non-hydrogen) atoms. The predicted octanol–water partition coefficient (Wildman–Crippen LogP) is 2.17. The molecule has 0 bridgehead atoms. The number of rotatable bonds is 4. The minimum atomic E-state index is 0.640. The second-order valence-electron chi connectivity index (χ2n) is 4.52. The van der Waals surface area contributed by atoms with Crippen LogP contribution < -0.4 is 5.32 Å². The number of hydrogen-bond acceptors (Lipinski definition) is 4. The van der Waals surface area contributed by atoms with Crippen molar-refractivity contribution in [2.75, 3.05) is 11.9 Å². The molecule has 5 nitrogen and oxygen atoms in total. The van der Waals surface area contributed by atoms with Gasteiger partial charge in [-0.1, -0.05) is 0 Å². The Balaban J connectivity index is 1.72. The van der Waals surface area contributed by atoms with Crippen LogP contribution in [0.4, 0.5) is 5.95 Å². The van der Waals surface area contributed by atoms with Gasteiger partial charge in [-0.05, 0) is 43.0 Å². The van der Waals surface area contributed by atoms with E-state index in [1.165, 1.54) is 12.8 Å². The van der Waals surface area contributed by atoms with Gasteiger partial charge in [-0.15, -0.1) is 5.10 Å². The molecule has 0 spiro atoms. The first-order valence-corrected chi connectivity index (χ1v) is 6.02. The van der Waals surface area contributed by atoms with Gasteiger partial charge in [0.1, 0.15) is 0 Å². The molecule has 1 fully saturated rings. The first kappa shape index (κ1) is 10.8. The van der Waals surface area contributed by atoms with Crippen molar-refractivity contribution in [1.29, 1.82) is 5.26 Å². The summed E-state index contributed by atoms with van der Waals surface area (Å²) in [5, 5.41) is 19.0. The Hall–Kier alpha value is -2.35. The number of nitrogens with zero attached hydrogens (tertiary/aromatic N) is 3. The Morgan fingerprint density at radius 2 is 2.11 bits per heavy atom. The average Bonchev–Trinajstić information content (AvgIpc) is 3.14. The minimum Gasteiger partial charge on any atom is -0.353 e. The van der Waals surface area contributed by atoms with Crippen LogP contribution in [0, 0.1) is 17.2 Å². The molecule has 0 radical (unpaired) electrons. The fraction of sp³-hybridized carbons (Fsp3) is 0.308. The summed E-state index contributed by atoms with van der Waals surface area (Å²) in [5.41, 5.74) is 1.58. The van der Waals surface area contributed by atoms with Crippen LogP contribution in [0.5, 0.6) is 0 Å². The molecule has 1 aromatic carbocycles. The van der Waals surface area contributed by atoms with Gasteiger partial charge in [0, 0.05) is 12.1 Å². The first-order valence-electron chi connectivity index (χ1n) is 6.02. The van der Waals surface area contributed by atoms with Crippen LogP contribution >= 0.6 is 0 Å². The molecule has 1 saturated carbocycles. The smallest absolute Gasteiger partial charge is 0.242 e. The van der Waals surface area contributed by atoms with Gasteiger partial charge in [-0.3, -0.25) is 5.10 Å². The lowest BCUT2D eigenvalue weighted by atomic mass is 10.1. The molecular weight excluding hydrogens is 226 g/mol. The van der Waals surface area contributed by atoms with E-state index in [0.29, 0.717) is 11.5 Å². The summed E-state index contributed by atoms with van der Waals surface area (Å²) < 4.78 is 0. The van der Waals surface area contributed by atoms with E-state index in [1.54, 1.807) is 12.1 Å². The molecule has 0 atom stereocenters. The number of anilines is 1. The standard InChI is InChI=1S/C13H13N5/c14-7-9-3-5-11(6-4-9)12-16-13(18-17-12)15-8-10-1-2-10/h3-6,10H,1-2,8H2,(H2,15,16,17,18). The van der Waals surface area contributed by atoms with Crippen LogP contribution in [0.2, 0.25) is 0 Å². The Kier molecular flexibility index (Phi) is 2.69. The normalized spacial score (nSPS) is 14.2. The molecule has 0 unspecified atom stereocenters. The van der Waals surface area contributed by atoms with Gasteiger partial charge >= 0.3 is 0 Å². The number of nitriles is 1. The zero-order chi connectivity index (χ0) is 12.4. The van der Waals surface area contributed by atoms with Gasteiger partial charge in [0.2, 0.25) is 5.95 Å². The summed E-state index contributed by atoms with van der Waals surface area (Å²) in [6.45, 7) is 0.949. The van der Waals surface area contributed by atoms with Gasteiger partial charge < -0.3 is 5.32 Å². The summed E-state index contributed by atoms with van der Waals surface area (Å²) >= 11 is 0. The number of H-pyrrole nitrogens is 1. The highest BCUT2D eigenvalue weighted by Crippen LogP contribution is 2.28. The number of benzene rings is 1. The summed E-state index contributed by atoms with van der Waals surface area (Å²) in [5.74, 6) is 2.15. The van der Waals surface area contributed by atoms with E-state index in [9.17, 15) is 0 Å². The maximum atomic E-state index is 8.74. The molecule has 0 amide bonds. The lowest BCUT2D eigenvalue weighted by Crippen LogP contribution is -2.04. The summed E-state index contributed by atoms with van der Waals surface area (Å²) in [4.78, 5) is 4.38. The molecule has 2 aromatic rings. The van der Waals surface area contributed by atoms with Gasteiger partial charge in [-0.2, -0.15) is 10.2 Å². The highest BCUT2D eigenvalue weighted by atomic mass is 15.3. The topological polar surface area (TPSA) is 77.4 Å². The molecule has 2 N–H and O–H groups in total. The molecular formula is C13H13N5. The van der Waals surface area contributed by atoms with E-state index < -0.39 is 0 Å². The molecule has 90 valence electrons. The number of hydrogen-bond donors (Lipinski definition) is 2. The van der Waals surface area contributed by atoms with E-state index in [-0.39, 0.29) is 0 Å². The number of aromatic amines is 1. The van der Waals surface area contributed by atoms with Crippen molar-refractivity contribution < 1.29 is 0 Å². The fourth-order valence-electron chi connectivity index (χ4n) is 1.73. The average molecular weight is 239 g/mol. The van der Waals surface area contributed by atoms with Crippen LogP contribution in [0.25, 0.3) is 11.4 Å². The zero-order valence-corrected chi connectivity index (χ0v) is 9.85. The van der Waals surface area contributed by atoms with E-state index in [1.807, 2.05) is 12.1 Å². The third-order valence-corrected chi connectivity index (χ3v) is 3.02. The van der Waals surface area contributed by atoms with E-state index in [4.69, 9.17) is 5.26 Å². The van der Waals surface area contributed by atoms with Crippen LogP contribution in [0.1, 0.15) is 18.4 Å². The van der Waals surface area contributed by atoms with Crippen molar-refractivity contribution in [2.24, 2.45) is 5.92 Å². The van der Waals surface area contributed by atoms with Crippen LogP contribution in [0.3, 0.4) is 0 Å². The lowest BCUT2D eigenvalue weighted by Gasteiger charge is -1.97. The second-order valence-corrected chi connectivity index (χ2v) is 4.52.